The first-order chi connectivity index (χ1) is 13.9. The summed E-state index contributed by atoms with van der Waals surface area (Å²) in [5, 5.41) is 4.10. The van der Waals surface area contributed by atoms with Crippen LogP contribution < -0.4 is 20.1 Å². The molecule has 1 fully saturated rings. The van der Waals surface area contributed by atoms with Crippen molar-refractivity contribution in [2.45, 2.75) is 13.5 Å². The largest absolute Gasteiger partial charge is 0.490 e. The maximum absolute atomic E-state index is 11.9. The zero-order valence-corrected chi connectivity index (χ0v) is 19.0. The first-order valence-corrected chi connectivity index (χ1v) is 10.5. The van der Waals surface area contributed by atoms with Crippen LogP contribution in [0, 0.1) is 3.57 Å². The Hall–Kier alpha value is -2.40. The maximum atomic E-state index is 11.9. The second-order valence-corrected chi connectivity index (χ2v) is 7.95. The Balaban J connectivity index is 1.91. The minimum Gasteiger partial charge on any atom is -0.490 e. The summed E-state index contributed by atoms with van der Waals surface area (Å²) >= 11 is 5.61. The second kappa shape index (κ2) is 9.40. The lowest BCUT2D eigenvalue weighted by Gasteiger charge is -2.16. The molecule has 1 aliphatic rings. The summed E-state index contributed by atoms with van der Waals surface area (Å²) in [7, 11) is 0. The van der Waals surface area contributed by atoms with Crippen LogP contribution in [0.5, 0.6) is 11.5 Å². The fourth-order valence-corrected chi connectivity index (χ4v) is 3.79. The summed E-state index contributed by atoms with van der Waals surface area (Å²) in [6.07, 6.45) is 1.40. The fourth-order valence-electron chi connectivity index (χ4n) is 2.61. The minimum absolute atomic E-state index is 0.162. The van der Waals surface area contributed by atoms with Crippen molar-refractivity contribution in [3.8, 4) is 11.5 Å². The lowest BCUT2D eigenvalue weighted by atomic mass is 10.1. The van der Waals surface area contributed by atoms with Crippen LogP contribution in [0.2, 0.25) is 0 Å². The van der Waals surface area contributed by atoms with Gasteiger partial charge in [-0.05, 0) is 59.4 Å². The average molecular weight is 571 g/mol. The van der Waals surface area contributed by atoms with Gasteiger partial charge in [0.25, 0.3) is 11.8 Å². The van der Waals surface area contributed by atoms with Crippen molar-refractivity contribution in [3.05, 3.63) is 61.1 Å². The molecule has 29 heavy (non-hydrogen) atoms. The SMILES string of the molecule is CCOc1cc(C=C2C(=O)NC(=O)NC2=O)cc(I)c1OCc1ccccc1Br. The number of benzene rings is 2. The average Bonchev–Trinajstić information content (AvgIpc) is 2.65. The first kappa shape index (κ1) is 21.3. The predicted molar refractivity (Wildman–Crippen MR) is 118 cm³/mol. The molecule has 150 valence electrons. The van der Waals surface area contributed by atoms with Crippen LogP contribution in [0.1, 0.15) is 18.1 Å². The molecule has 0 unspecified atom stereocenters. The number of halogens is 2. The van der Waals surface area contributed by atoms with E-state index >= 15 is 0 Å². The highest BCUT2D eigenvalue weighted by Gasteiger charge is 2.28. The van der Waals surface area contributed by atoms with Crippen molar-refractivity contribution < 1.29 is 23.9 Å². The van der Waals surface area contributed by atoms with Gasteiger partial charge in [-0.1, -0.05) is 34.1 Å². The van der Waals surface area contributed by atoms with E-state index in [2.05, 4.69) is 38.5 Å². The van der Waals surface area contributed by atoms with Crippen LogP contribution in [-0.2, 0) is 16.2 Å². The van der Waals surface area contributed by atoms with Gasteiger partial charge in [-0.15, -0.1) is 0 Å². The van der Waals surface area contributed by atoms with Crippen molar-refractivity contribution in [3.63, 3.8) is 0 Å². The molecule has 0 saturated carbocycles. The van der Waals surface area contributed by atoms with Crippen LogP contribution in [0.25, 0.3) is 6.08 Å². The molecule has 0 aromatic heterocycles. The number of carbonyl (C=O) groups excluding carboxylic acids is 3. The van der Waals surface area contributed by atoms with Gasteiger partial charge in [-0.25, -0.2) is 4.79 Å². The molecule has 0 radical (unpaired) electrons. The normalized spacial score (nSPS) is 13.6. The van der Waals surface area contributed by atoms with E-state index < -0.39 is 17.8 Å². The molecule has 7 nitrogen and oxygen atoms in total. The number of urea groups is 1. The van der Waals surface area contributed by atoms with E-state index in [9.17, 15) is 14.4 Å². The minimum atomic E-state index is -0.836. The van der Waals surface area contributed by atoms with Crippen LogP contribution in [-0.4, -0.2) is 24.5 Å². The third-order valence-electron chi connectivity index (χ3n) is 3.92. The van der Waals surface area contributed by atoms with Gasteiger partial charge in [0.05, 0.1) is 10.2 Å². The van der Waals surface area contributed by atoms with E-state index in [-0.39, 0.29) is 5.57 Å². The Kier molecular flexibility index (Phi) is 6.91. The molecule has 9 heteroatoms. The Morgan fingerprint density at radius 1 is 1.07 bits per heavy atom. The highest BCUT2D eigenvalue weighted by atomic mass is 127. The molecule has 0 spiro atoms. The highest BCUT2D eigenvalue weighted by Crippen LogP contribution is 2.36. The van der Waals surface area contributed by atoms with Crippen LogP contribution >= 0.6 is 38.5 Å². The Morgan fingerprint density at radius 2 is 1.76 bits per heavy atom. The molecule has 2 aromatic rings. The lowest BCUT2D eigenvalue weighted by Crippen LogP contribution is -2.51. The molecule has 2 N–H and O–H groups in total. The van der Waals surface area contributed by atoms with E-state index in [1.807, 2.05) is 41.8 Å². The third-order valence-corrected chi connectivity index (χ3v) is 5.49. The number of hydrogen-bond acceptors (Lipinski definition) is 5. The molecule has 1 aliphatic heterocycles. The molecule has 4 amide bonds. The van der Waals surface area contributed by atoms with Gasteiger partial charge in [-0.2, -0.15) is 0 Å². The van der Waals surface area contributed by atoms with Gasteiger partial charge in [0.15, 0.2) is 11.5 Å². The first-order valence-electron chi connectivity index (χ1n) is 8.60. The van der Waals surface area contributed by atoms with Gasteiger partial charge in [-0.3, -0.25) is 20.2 Å². The Morgan fingerprint density at radius 3 is 2.41 bits per heavy atom. The van der Waals surface area contributed by atoms with Crippen LogP contribution in [0.4, 0.5) is 4.79 Å². The number of imide groups is 2. The summed E-state index contributed by atoms with van der Waals surface area (Å²) < 4.78 is 13.4. The van der Waals surface area contributed by atoms with Crippen molar-refractivity contribution in [2.24, 2.45) is 0 Å². The fraction of sp³-hybridized carbons (Fsp3) is 0.150. The zero-order valence-electron chi connectivity index (χ0n) is 15.3. The number of hydrogen-bond donors (Lipinski definition) is 2. The maximum Gasteiger partial charge on any atom is 0.328 e. The van der Waals surface area contributed by atoms with Crippen molar-refractivity contribution >= 4 is 62.4 Å². The number of amides is 4. The molecule has 0 bridgehead atoms. The monoisotopic (exact) mass is 570 g/mol. The summed E-state index contributed by atoms with van der Waals surface area (Å²) in [4.78, 5) is 35.1. The summed E-state index contributed by atoms with van der Waals surface area (Å²) in [5.74, 6) is -0.439. The van der Waals surface area contributed by atoms with Crippen LogP contribution in [0.15, 0.2) is 46.4 Å². The molecule has 0 aliphatic carbocycles. The number of barbiturate groups is 1. The van der Waals surface area contributed by atoms with Crippen molar-refractivity contribution in [1.82, 2.24) is 10.6 Å². The second-order valence-electron chi connectivity index (χ2n) is 5.94. The van der Waals surface area contributed by atoms with Gasteiger partial charge in [0.1, 0.15) is 12.2 Å². The van der Waals surface area contributed by atoms with Crippen molar-refractivity contribution in [1.29, 1.82) is 0 Å². The summed E-state index contributed by atoms with van der Waals surface area (Å²) in [6, 6.07) is 10.4. The van der Waals surface area contributed by atoms with E-state index in [0.717, 1.165) is 13.6 Å². The van der Waals surface area contributed by atoms with Gasteiger partial charge < -0.3 is 9.47 Å². The lowest BCUT2D eigenvalue weighted by molar-refractivity contribution is -0.123. The quantitative estimate of drug-likeness (QED) is 0.313. The van der Waals surface area contributed by atoms with Crippen LogP contribution in [0.3, 0.4) is 0 Å². The van der Waals surface area contributed by atoms with E-state index in [1.54, 1.807) is 12.1 Å². The highest BCUT2D eigenvalue weighted by molar-refractivity contribution is 14.1. The van der Waals surface area contributed by atoms with E-state index in [0.29, 0.717) is 30.3 Å². The van der Waals surface area contributed by atoms with Crippen molar-refractivity contribution in [2.75, 3.05) is 6.61 Å². The molecular weight excluding hydrogens is 555 g/mol. The van der Waals surface area contributed by atoms with E-state index in [1.165, 1.54) is 6.08 Å². The summed E-state index contributed by atoms with van der Waals surface area (Å²) in [6.45, 7) is 2.60. The number of ether oxygens (including phenoxy) is 2. The van der Waals surface area contributed by atoms with Gasteiger partial charge in [0, 0.05) is 10.0 Å². The Labute approximate surface area is 189 Å². The van der Waals surface area contributed by atoms with Gasteiger partial charge >= 0.3 is 6.03 Å². The van der Waals surface area contributed by atoms with Gasteiger partial charge in [0.2, 0.25) is 0 Å². The summed E-state index contributed by atoms with van der Waals surface area (Å²) in [5.41, 5.74) is 1.39. The predicted octanol–water partition coefficient (Wildman–Crippen LogP) is 3.78. The molecule has 0 atom stereocenters. The number of nitrogens with one attached hydrogen (secondary N) is 2. The van der Waals surface area contributed by atoms with E-state index in [4.69, 9.17) is 9.47 Å². The number of carbonyl (C=O) groups is 3. The third kappa shape index (κ3) is 5.15. The molecular formula is C20H16BrIN2O5. The molecule has 1 heterocycles. The zero-order chi connectivity index (χ0) is 21.0. The topological polar surface area (TPSA) is 93.7 Å². The molecule has 1 saturated heterocycles. The Bertz CT molecular complexity index is 1000. The molecule has 3 rings (SSSR count). The number of rotatable bonds is 6. The molecule has 2 aromatic carbocycles. The standard InChI is InChI=1S/C20H16BrIN2O5/c1-2-28-16-9-11(7-13-18(25)23-20(27)24-19(13)26)8-15(22)17(16)29-10-12-5-3-4-6-14(12)21/h3-9H,2,10H2,1H3,(H2,23,24,25,26,27). The smallest absolute Gasteiger partial charge is 0.328 e.